The van der Waals surface area contributed by atoms with Crippen LogP contribution in [0.2, 0.25) is 0 Å². The first kappa shape index (κ1) is 19.7. The number of thioether (sulfide) groups is 1. The number of hydrogen-bond donors (Lipinski definition) is 1. The molecule has 22 heavy (non-hydrogen) atoms. The Morgan fingerprint density at radius 1 is 0.818 bits per heavy atom. The van der Waals surface area contributed by atoms with Crippen LogP contribution in [0, 0.1) is 0 Å². The fourth-order valence-corrected chi connectivity index (χ4v) is 3.54. The maximum absolute atomic E-state index is 11.4. The molecule has 0 spiro atoms. The number of amides is 2. The number of carbonyl (C=O) groups is 2. The summed E-state index contributed by atoms with van der Waals surface area (Å²) >= 11 is 5.21. The Hall–Kier alpha value is -0.360. The Labute approximate surface area is 144 Å². The molecule has 2 aliphatic heterocycles. The van der Waals surface area contributed by atoms with Crippen molar-refractivity contribution in [3.05, 3.63) is 0 Å². The molecule has 4 nitrogen and oxygen atoms in total. The van der Waals surface area contributed by atoms with Gasteiger partial charge in [-0.1, -0.05) is 57.0 Å². The molecular formula is C16H30N2O2S2. The Kier molecular flexibility index (Phi) is 10.8. The summed E-state index contributed by atoms with van der Waals surface area (Å²) in [5.41, 5.74) is 0. The number of rotatable bonds is 1. The van der Waals surface area contributed by atoms with Gasteiger partial charge < -0.3 is 9.80 Å². The molecule has 128 valence electrons. The van der Waals surface area contributed by atoms with E-state index in [1.807, 2.05) is 16.7 Å². The second kappa shape index (κ2) is 12.1. The predicted molar refractivity (Wildman–Crippen MR) is 98.0 cm³/mol. The second-order valence-electron chi connectivity index (χ2n) is 5.78. The molecule has 0 unspecified atom stereocenters. The summed E-state index contributed by atoms with van der Waals surface area (Å²) < 4.78 is 0. The minimum Gasteiger partial charge on any atom is -0.334 e. The Morgan fingerprint density at radius 3 is 1.59 bits per heavy atom. The maximum Gasteiger partial charge on any atom is 0.281 e. The van der Waals surface area contributed by atoms with Gasteiger partial charge in [-0.25, -0.2) is 0 Å². The van der Waals surface area contributed by atoms with Gasteiger partial charge in [0.2, 0.25) is 0 Å². The van der Waals surface area contributed by atoms with Gasteiger partial charge in [-0.05, 0) is 31.4 Å². The van der Waals surface area contributed by atoms with Gasteiger partial charge in [0, 0.05) is 26.2 Å². The van der Waals surface area contributed by atoms with Crippen LogP contribution in [0.5, 0.6) is 0 Å². The molecule has 0 aromatic carbocycles. The van der Waals surface area contributed by atoms with Crippen LogP contribution in [0.1, 0.15) is 58.3 Å². The van der Waals surface area contributed by atoms with Crippen molar-refractivity contribution >= 4 is 34.9 Å². The summed E-state index contributed by atoms with van der Waals surface area (Å²) in [6.07, 6.45) is 9.78. The molecule has 2 heterocycles. The Bertz CT molecular complexity index is 324. The first-order chi connectivity index (χ1) is 10.6. The van der Waals surface area contributed by atoms with Crippen LogP contribution >= 0.6 is 24.4 Å². The fourth-order valence-electron chi connectivity index (χ4n) is 2.73. The number of carbonyl (C=O) groups excluding carboxylic acids is 2. The second-order valence-corrected chi connectivity index (χ2v) is 7.38. The van der Waals surface area contributed by atoms with Crippen molar-refractivity contribution in [1.29, 1.82) is 0 Å². The molecule has 0 bridgehead atoms. The van der Waals surface area contributed by atoms with E-state index in [0.717, 1.165) is 44.8 Å². The largest absolute Gasteiger partial charge is 0.334 e. The lowest BCUT2D eigenvalue weighted by molar-refractivity contribution is 0.224. The minimum absolute atomic E-state index is 0.0677. The van der Waals surface area contributed by atoms with Crippen molar-refractivity contribution in [2.45, 2.75) is 58.3 Å². The molecule has 0 aromatic heterocycles. The van der Waals surface area contributed by atoms with Crippen molar-refractivity contribution < 1.29 is 9.59 Å². The third-order valence-electron chi connectivity index (χ3n) is 4.01. The summed E-state index contributed by atoms with van der Waals surface area (Å²) in [5.74, 6) is 0.898. The summed E-state index contributed by atoms with van der Waals surface area (Å²) in [7, 11) is 0. The molecule has 2 rings (SSSR count). The molecule has 6 heteroatoms. The average molecular weight is 347 g/mol. The lowest BCUT2D eigenvalue weighted by Crippen LogP contribution is -2.28. The monoisotopic (exact) mass is 346 g/mol. The highest BCUT2D eigenvalue weighted by molar-refractivity contribution is 8.13. The highest BCUT2D eigenvalue weighted by Gasteiger charge is 2.14. The quantitative estimate of drug-likeness (QED) is 0.703. The maximum atomic E-state index is 11.4. The van der Waals surface area contributed by atoms with Crippen molar-refractivity contribution in [3.8, 4) is 0 Å². The minimum atomic E-state index is -0.0677. The van der Waals surface area contributed by atoms with E-state index in [2.05, 4.69) is 12.6 Å². The van der Waals surface area contributed by atoms with E-state index >= 15 is 0 Å². The molecule has 0 aromatic rings. The summed E-state index contributed by atoms with van der Waals surface area (Å²) in [4.78, 5) is 26.0. The molecule has 2 saturated heterocycles. The van der Waals surface area contributed by atoms with Crippen molar-refractivity contribution in [2.75, 3.05) is 31.9 Å². The van der Waals surface area contributed by atoms with Crippen LogP contribution in [0.3, 0.4) is 0 Å². The van der Waals surface area contributed by atoms with Crippen LogP contribution in [0.15, 0.2) is 0 Å². The molecule has 2 fully saturated rings. The molecule has 0 saturated carbocycles. The van der Waals surface area contributed by atoms with Crippen LogP contribution < -0.4 is 0 Å². The topological polar surface area (TPSA) is 40.6 Å². The number of thiol groups is 1. The van der Waals surface area contributed by atoms with Crippen molar-refractivity contribution in [3.63, 3.8) is 0 Å². The van der Waals surface area contributed by atoms with E-state index in [0.29, 0.717) is 0 Å². The van der Waals surface area contributed by atoms with Gasteiger partial charge in [-0.15, -0.1) is 0 Å². The summed E-state index contributed by atoms with van der Waals surface area (Å²) in [6.45, 7) is 5.79. The molecule has 2 aliphatic rings. The van der Waals surface area contributed by atoms with Gasteiger partial charge in [-0.2, -0.15) is 0 Å². The molecule has 0 aliphatic carbocycles. The smallest absolute Gasteiger partial charge is 0.281 e. The standard InChI is InChI=1S/C9H17NOS.C7H13NOS/c1-2-12-9(11)10-7-5-3-4-6-8-10;9-7(10)8-5-3-1-2-4-6-8/h2-8H2,1H3;1-6H2,(H,9,10). The van der Waals surface area contributed by atoms with Crippen molar-refractivity contribution in [1.82, 2.24) is 9.80 Å². The predicted octanol–water partition coefficient (Wildman–Crippen LogP) is 4.65. The zero-order valence-electron chi connectivity index (χ0n) is 13.8. The lowest BCUT2D eigenvalue weighted by Gasteiger charge is -2.18. The van der Waals surface area contributed by atoms with E-state index in [4.69, 9.17) is 0 Å². The third kappa shape index (κ3) is 8.32. The van der Waals surface area contributed by atoms with Crippen LogP contribution in [0.25, 0.3) is 0 Å². The molecule has 0 N–H and O–H groups in total. The number of likely N-dealkylation sites (tertiary alicyclic amines) is 2. The van der Waals surface area contributed by atoms with E-state index in [1.165, 1.54) is 50.3 Å². The van der Waals surface area contributed by atoms with Gasteiger partial charge in [-0.3, -0.25) is 9.59 Å². The highest BCUT2D eigenvalue weighted by atomic mass is 32.2. The van der Waals surface area contributed by atoms with Gasteiger partial charge >= 0.3 is 0 Å². The fraction of sp³-hybridized carbons (Fsp3) is 0.875. The van der Waals surface area contributed by atoms with Crippen LogP contribution in [-0.2, 0) is 0 Å². The summed E-state index contributed by atoms with van der Waals surface area (Å²) in [6, 6.07) is 0. The van der Waals surface area contributed by atoms with Crippen molar-refractivity contribution in [2.24, 2.45) is 0 Å². The Balaban J connectivity index is 0.000000224. The zero-order chi connectivity index (χ0) is 16.2. The van der Waals surface area contributed by atoms with Gasteiger partial charge in [0.15, 0.2) is 0 Å². The first-order valence-electron chi connectivity index (χ1n) is 8.54. The first-order valence-corrected chi connectivity index (χ1v) is 9.98. The molecule has 0 radical (unpaired) electrons. The van der Waals surface area contributed by atoms with E-state index in [1.54, 1.807) is 0 Å². The zero-order valence-corrected chi connectivity index (χ0v) is 15.5. The van der Waals surface area contributed by atoms with E-state index in [9.17, 15) is 9.59 Å². The van der Waals surface area contributed by atoms with Gasteiger partial charge in [0.1, 0.15) is 0 Å². The number of hydrogen-bond acceptors (Lipinski definition) is 3. The highest BCUT2D eigenvalue weighted by Crippen LogP contribution is 2.15. The van der Waals surface area contributed by atoms with E-state index < -0.39 is 0 Å². The SMILES string of the molecule is CCSC(=O)N1CCCCCC1.O=C(S)N1CCCCCC1. The summed E-state index contributed by atoms with van der Waals surface area (Å²) in [5, 5.41) is 0.210. The van der Waals surface area contributed by atoms with Gasteiger partial charge in [0.25, 0.3) is 10.5 Å². The number of nitrogens with zero attached hydrogens (tertiary/aromatic N) is 2. The Morgan fingerprint density at radius 2 is 1.23 bits per heavy atom. The van der Waals surface area contributed by atoms with Crippen LogP contribution in [-0.4, -0.2) is 52.2 Å². The van der Waals surface area contributed by atoms with Gasteiger partial charge in [0.05, 0.1) is 0 Å². The third-order valence-corrected chi connectivity index (χ3v) is 5.09. The lowest BCUT2D eigenvalue weighted by atomic mass is 10.2. The van der Waals surface area contributed by atoms with E-state index in [-0.39, 0.29) is 10.5 Å². The molecule has 0 atom stereocenters. The average Bonchev–Trinajstić information content (AvgIpc) is 2.93. The van der Waals surface area contributed by atoms with Crippen LogP contribution in [0.4, 0.5) is 9.59 Å². The normalized spacial score (nSPS) is 19.5. The molecule has 2 amide bonds. The molecular weight excluding hydrogens is 316 g/mol.